The van der Waals surface area contributed by atoms with E-state index < -0.39 is 42.4 Å². The normalized spacial score (nSPS) is 15.5. The third kappa shape index (κ3) is 3.69. The van der Waals surface area contributed by atoms with Gasteiger partial charge in [-0.2, -0.15) is 0 Å². The number of carbonyl (C=O) groups is 5. The van der Waals surface area contributed by atoms with E-state index >= 15 is 0 Å². The first-order valence-electron chi connectivity index (χ1n) is 9.11. The molecule has 1 saturated heterocycles. The number of ketones is 2. The minimum Gasteiger partial charge on any atom is -0.456 e. The number of aryl methyl sites for hydroxylation is 1. The summed E-state index contributed by atoms with van der Waals surface area (Å²) in [6.07, 6.45) is 0.810. The van der Waals surface area contributed by atoms with Crippen molar-refractivity contribution in [1.29, 1.82) is 0 Å². The molecule has 1 aromatic heterocycles. The molecule has 28 heavy (non-hydrogen) atoms. The second-order valence-corrected chi connectivity index (χ2v) is 6.88. The molecule has 2 rings (SSSR count). The number of aromatic nitrogens is 1. The minimum atomic E-state index is -1.00. The first kappa shape index (κ1) is 21.3. The molecule has 2 N–H and O–H groups in total. The van der Waals surface area contributed by atoms with Crippen LogP contribution in [0, 0.1) is 13.8 Å². The molecule has 9 heteroatoms. The lowest BCUT2D eigenvalue weighted by atomic mass is 9.93. The summed E-state index contributed by atoms with van der Waals surface area (Å²) in [5.41, 5.74) is 0.686. The van der Waals surface area contributed by atoms with Gasteiger partial charge in [0.25, 0.3) is 5.91 Å². The van der Waals surface area contributed by atoms with Gasteiger partial charge in [-0.05, 0) is 39.2 Å². The molecule has 0 bridgehead atoms. The summed E-state index contributed by atoms with van der Waals surface area (Å²) in [7, 11) is 0. The molecule has 0 saturated carbocycles. The number of nitrogens with one attached hydrogen (secondary N) is 2. The van der Waals surface area contributed by atoms with E-state index in [0.29, 0.717) is 29.7 Å². The van der Waals surface area contributed by atoms with Crippen LogP contribution in [0.15, 0.2) is 0 Å². The van der Waals surface area contributed by atoms with Gasteiger partial charge in [0, 0.05) is 11.3 Å². The van der Waals surface area contributed by atoms with E-state index in [2.05, 4.69) is 10.3 Å². The summed E-state index contributed by atoms with van der Waals surface area (Å²) < 4.78 is 4.95. The molecular weight excluding hydrogens is 366 g/mol. The number of rotatable bonds is 8. The molecule has 0 aromatic carbocycles. The maximum Gasteiger partial charge on any atom is 0.326 e. The van der Waals surface area contributed by atoms with Gasteiger partial charge < -0.3 is 15.0 Å². The predicted octanol–water partition coefficient (Wildman–Crippen LogP) is 1.67. The molecule has 0 aliphatic carbocycles. The van der Waals surface area contributed by atoms with Crippen LogP contribution in [0.1, 0.15) is 65.7 Å². The van der Waals surface area contributed by atoms with Crippen molar-refractivity contribution in [2.24, 2.45) is 0 Å². The zero-order chi connectivity index (χ0) is 21.2. The summed E-state index contributed by atoms with van der Waals surface area (Å²) in [5.74, 6) is -2.02. The van der Waals surface area contributed by atoms with E-state index in [1.54, 1.807) is 27.7 Å². The maximum atomic E-state index is 12.5. The van der Waals surface area contributed by atoms with Crippen molar-refractivity contribution in [1.82, 2.24) is 15.2 Å². The van der Waals surface area contributed by atoms with Crippen LogP contribution in [0.5, 0.6) is 0 Å². The average molecular weight is 391 g/mol. The van der Waals surface area contributed by atoms with Gasteiger partial charge in [0.1, 0.15) is 12.1 Å². The zero-order valence-electron chi connectivity index (χ0n) is 16.7. The summed E-state index contributed by atoms with van der Waals surface area (Å²) in [6.45, 7) is 7.14. The number of hydrogen-bond acceptors (Lipinski definition) is 6. The van der Waals surface area contributed by atoms with Gasteiger partial charge in [0.2, 0.25) is 5.78 Å². The van der Waals surface area contributed by atoms with Crippen molar-refractivity contribution < 1.29 is 28.7 Å². The van der Waals surface area contributed by atoms with Crippen molar-refractivity contribution in [2.45, 2.75) is 53.0 Å². The number of imide groups is 1. The number of esters is 1. The molecule has 1 fully saturated rings. The molecular formula is C19H25N3O6. The Morgan fingerprint density at radius 1 is 1.11 bits per heavy atom. The predicted molar refractivity (Wildman–Crippen MR) is 99.1 cm³/mol. The fourth-order valence-electron chi connectivity index (χ4n) is 3.50. The molecule has 2 heterocycles. The Hall–Kier alpha value is -2.97. The van der Waals surface area contributed by atoms with Gasteiger partial charge in [-0.15, -0.1) is 0 Å². The number of hydrogen-bond donors (Lipinski definition) is 2. The number of nitrogens with zero attached hydrogens (tertiary/aromatic N) is 1. The standard InChI is InChI=1S/C19H25N3O6/c1-6-19(7-2)17(26)22(18(27)21-19)8-14(25)28-9-13(24)16-10(3)15(12(5)23)11(4)20-16/h20H,6-9H2,1-5H3,(H,21,27). The molecule has 3 amide bonds. The molecule has 0 atom stereocenters. The van der Waals surface area contributed by atoms with Crippen LogP contribution in [0.25, 0.3) is 0 Å². The lowest BCUT2D eigenvalue weighted by Crippen LogP contribution is -2.46. The van der Waals surface area contributed by atoms with Crippen LogP contribution in [0.4, 0.5) is 4.79 Å². The van der Waals surface area contributed by atoms with E-state index in [0.717, 1.165) is 4.90 Å². The van der Waals surface area contributed by atoms with E-state index in [1.807, 2.05) is 0 Å². The Morgan fingerprint density at radius 2 is 1.71 bits per heavy atom. The van der Waals surface area contributed by atoms with Gasteiger partial charge >= 0.3 is 12.0 Å². The molecule has 0 spiro atoms. The number of aromatic amines is 1. The van der Waals surface area contributed by atoms with Crippen molar-refractivity contribution >= 4 is 29.5 Å². The van der Waals surface area contributed by atoms with E-state index in [4.69, 9.17) is 4.74 Å². The van der Waals surface area contributed by atoms with Crippen LogP contribution >= 0.6 is 0 Å². The maximum absolute atomic E-state index is 12.5. The fourth-order valence-corrected chi connectivity index (χ4v) is 3.50. The zero-order valence-corrected chi connectivity index (χ0v) is 16.7. The van der Waals surface area contributed by atoms with Crippen LogP contribution in [0.3, 0.4) is 0 Å². The number of carbonyl (C=O) groups excluding carboxylic acids is 5. The van der Waals surface area contributed by atoms with Gasteiger partial charge in [0.15, 0.2) is 12.4 Å². The minimum absolute atomic E-state index is 0.170. The molecule has 1 aliphatic heterocycles. The second kappa shape index (κ2) is 7.95. The van der Waals surface area contributed by atoms with Gasteiger partial charge in [0.05, 0.1) is 5.69 Å². The highest BCUT2D eigenvalue weighted by Crippen LogP contribution is 2.24. The first-order chi connectivity index (χ1) is 13.1. The molecule has 0 radical (unpaired) electrons. The Kier molecular flexibility index (Phi) is 6.06. The van der Waals surface area contributed by atoms with E-state index in [1.165, 1.54) is 6.92 Å². The van der Waals surface area contributed by atoms with Crippen molar-refractivity contribution in [3.05, 3.63) is 22.5 Å². The summed E-state index contributed by atoms with van der Waals surface area (Å²) in [5, 5.41) is 2.62. The lowest BCUT2D eigenvalue weighted by molar-refractivity contribution is -0.146. The molecule has 1 aliphatic rings. The first-order valence-corrected chi connectivity index (χ1v) is 9.11. The summed E-state index contributed by atoms with van der Waals surface area (Å²) >= 11 is 0. The van der Waals surface area contributed by atoms with Gasteiger partial charge in [-0.3, -0.25) is 24.1 Å². The molecule has 1 aromatic rings. The van der Waals surface area contributed by atoms with E-state index in [9.17, 15) is 24.0 Å². The third-order valence-corrected chi connectivity index (χ3v) is 5.17. The molecule has 152 valence electrons. The number of amides is 3. The molecule has 9 nitrogen and oxygen atoms in total. The number of urea groups is 1. The van der Waals surface area contributed by atoms with Crippen LogP contribution in [-0.4, -0.2) is 58.0 Å². The molecule has 0 unspecified atom stereocenters. The van der Waals surface area contributed by atoms with Crippen LogP contribution in [0.2, 0.25) is 0 Å². The second-order valence-electron chi connectivity index (χ2n) is 6.88. The van der Waals surface area contributed by atoms with Crippen molar-refractivity contribution in [3.63, 3.8) is 0 Å². The highest BCUT2D eigenvalue weighted by atomic mass is 16.5. The SMILES string of the molecule is CCC1(CC)NC(=O)N(CC(=O)OCC(=O)c2[nH]c(C)c(C(C)=O)c2C)C1=O. The largest absolute Gasteiger partial charge is 0.456 e. The smallest absolute Gasteiger partial charge is 0.326 e. The van der Waals surface area contributed by atoms with Crippen LogP contribution < -0.4 is 5.32 Å². The quantitative estimate of drug-likeness (QED) is 0.394. The Balaban J connectivity index is 2.01. The lowest BCUT2D eigenvalue weighted by Gasteiger charge is -2.22. The van der Waals surface area contributed by atoms with Crippen molar-refractivity contribution in [2.75, 3.05) is 13.2 Å². The fraction of sp³-hybridized carbons (Fsp3) is 0.526. The Morgan fingerprint density at radius 3 is 2.18 bits per heavy atom. The highest BCUT2D eigenvalue weighted by Gasteiger charge is 2.49. The topological polar surface area (TPSA) is 126 Å². The summed E-state index contributed by atoms with van der Waals surface area (Å²) in [6, 6.07) is -0.654. The Labute approximate surface area is 162 Å². The number of H-pyrrole nitrogens is 1. The van der Waals surface area contributed by atoms with Gasteiger partial charge in [-0.25, -0.2) is 4.79 Å². The monoisotopic (exact) mass is 391 g/mol. The highest BCUT2D eigenvalue weighted by molar-refractivity contribution is 6.09. The van der Waals surface area contributed by atoms with Crippen LogP contribution in [-0.2, 0) is 14.3 Å². The average Bonchev–Trinajstić information content (AvgIpc) is 3.07. The van der Waals surface area contributed by atoms with Gasteiger partial charge in [-0.1, -0.05) is 13.8 Å². The third-order valence-electron chi connectivity index (χ3n) is 5.17. The van der Waals surface area contributed by atoms with E-state index in [-0.39, 0.29) is 11.5 Å². The van der Waals surface area contributed by atoms with Crippen molar-refractivity contribution in [3.8, 4) is 0 Å². The summed E-state index contributed by atoms with van der Waals surface area (Å²) in [4.78, 5) is 64.2. The number of ether oxygens (including phenoxy) is 1. The number of Topliss-reactive ketones (excluding diaryl/α,β-unsaturated/α-hetero) is 2. The Bertz CT molecular complexity index is 850.